The molecule has 10 rings (SSSR count). The van der Waals surface area contributed by atoms with Gasteiger partial charge in [-0.05, 0) is 104 Å². The molecule has 0 aliphatic rings. The van der Waals surface area contributed by atoms with E-state index in [2.05, 4.69) is 217 Å². The van der Waals surface area contributed by atoms with Crippen LogP contribution in [0.25, 0.3) is 75.5 Å². The molecule has 0 aliphatic carbocycles. The molecule has 9 aromatic carbocycles. The molecule has 0 amide bonds. The molecule has 0 aliphatic heterocycles. The van der Waals surface area contributed by atoms with Crippen LogP contribution in [0.15, 0.2) is 212 Å². The lowest BCUT2D eigenvalue weighted by molar-refractivity contribution is 1.30. The Kier molecular flexibility index (Phi) is 8.09. The van der Waals surface area contributed by atoms with Crippen molar-refractivity contribution in [3.8, 4) is 44.5 Å². The second kappa shape index (κ2) is 13.7. The minimum absolute atomic E-state index is 1.12. The van der Waals surface area contributed by atoms with Gasteiger partial charge in [0.2, 0.25) is 0 Å². The number of anilines is 3. The molecule has 54 heavy (non-hydrogen) atoms. The zero-order valence-corrected chi connectivity index (χ0v) is 30.4. The summed E-state index contributed by atoms with van der Waals surface area (Å²) in [5.41, 5.74) is 13.1. The van der Waals surface area contributed by atoms with E-state index in [1.807, 2.05) is 11.3 Å². The van der Waals surface area contributed by atoms with E-state index in [0.29, 0.717) is 0 Å². The summed E-state index contributed by atoms with van der Waals surface area (Å²) in [6, 6.07) is 77.1. The van der Waals surface area contributed by atoms with Gasteiger partial charge >= 0.3 is 0 Å². The van der Waals surface area contributed by atoms with Crippen molar-refractivity contribution in [2.75, 3.05) is 4.90 Å². The van der Waals surface area contributed by atoms with Crippen LogP contribution in [0.4, 0.5) is 17.1 Å². The summed E-state index contributed by atoms with van der Waals surface area (Å²) in [5, 5.41) is 5.07. The van der Waals surface area contributed by atoms with Gasteiger partial charge in [-0.1, -0.05) is 164 Å². The molecule has 0 saturated carbocycles. The van der Waals surface area contributed by atoms with E-state index in [4.69, 9.17) is 0 Å². The zero-order chi connectivity index (χ0) is 35.8. The average Bonchev–Trinajstić information content (AvgIpc) is 3.64. The van der Waals surface area contributed by atoms with E-state index in [0.717, 1.165) is 11.4 Å². The SMILES string of the molecule is c1ccc(-c2ccc(-c3cccc(N(c4ccc(-c5ccc6ccc(-c7ccccc7)cc6c5)cc4)c4cccc5c4sc4ccccc45)c3)cc2)cc1. The Morgan fingerprint density at radius 1 is 0.296 bits per heavy atom. The maximum absolute atomic E-state index is 2.43. The Morgan fingerprint density at radius 2 is 0.778 bits per heavy atom. The lowest BCUT2D eigenvalue weighted by Gasteiger charge is -2.27. The standard InChI is InChI=1S/C52H35NS/c1-3-11-36(12-4-1)38-21-23-39(24-22-38)42-15-9-16-47(35-42)53(50-19-10-18-49-48-17-7-8-20-51(48)54-52(49)50)46-31-29-40(30-32-46)44-28-26-41-25-27-43(33-45(41)34-44)37-13-5-2-6-14-37/h1-35H. The van der Waals surface area contributed by atoms with Crippen LogP contribution >= 0.6 is 11.3 Å². The van der Waals surface area contributed by atoms with Gasteiger partial charge in [0.25, 0.3) is 0 Å². The van der Waals surface area contributed by atoms with Gasteiger partial charge in [0.05, 0.1) is 10.4 Å². The normalized spacial score (nSPS) is 11.3. The average molecular weight is 706 g/mol. The summed E-state index contributed by atoms with van der Waals surface area (Å²) in [5.74, 6) is 0. The van der Waals surface area contributed by atoms with E-state index in [9.17, 15) is 0 Å². The molecule has 2 heteroatoms. The Bertz CT molecular complexity index is 2910. The summed E-state index contributed by atoms with van der Waals surface area (Å²) in [7, 11) is 0. The first-order valence-corrected chi connectivity index (χ1v) is 19.2. The number of fused-ring (bicyclic) bond motifs is 4. The molecular formula is C52H35NS. The van der Waals surface area contributed by atoms with Crippen molar-refractivity contribution in [1.29, 1.82) is 0 Å². The second-order valence-electron chi connectivity index (χ2n) is 13.8. The summed E-state index contributed by atoms with van der Waals surface area (Å²) >= 11 is 1.86. The first-order valence-electron chi connectivity index (χ1n) is 18.4. The van der Waals surface area contributed by atoms with E-state index < -0.39 is 0 Å². The number of benzene rings is 9. The highest BCUT2D eigenvalue weighted by Gasteiger charge is 2.19. The van der Waals surface area contributed by atoms with Crippen LogP contribution in [0.3, 0.4) is 0 Å². The maximum atomic E-state index is 2.43. The maximum Gasteiger partial charge on any atom is 0.0640 e. The van der Waals surface area contributed by atoms with Crippen LogP contribution in [0.2, 0.25) is 0 Å². The van der Waals surface area contributed by atoms with Crippen LogP contribution < -0.4 is 4.90 Å². The largest absolute Gasteiger partial charge is 0.309 e. The summed E-state index contributed by atoms with van der Waals surface area (Å²) in [6.45, 7) is 0. The van der Waals surface area contributed by atoms with Crippen molar-refractivity contribution in [1.82, 2.24) is 0 Å². The van der Waals surface area contributed by atoms with Gasteiger partial charge in [-0.3, -0.25) is 0 Å². The van der Waals surface area contributed by atoms with Crippen molar-refractivity contribution < 1.29 is 0 Å². The van der Waals surface area contributed by atoms with Crippen molar-refractivity contribution in [2.45, 2.75) is 0 Å². The number of hydrogen-bond acceptors (Lipinski definition) is 2. The number of hydrogen-bond donors (Lipinski definition) is 0. The molecule has 0 saturated heterocycles. The topological polar surface area (TPSA) is 3.24 Å². The fourth-order valence-corrected chi connectivity index (χ4v) is 8.89. The molecule has 0 unspecified atom stereocenters. The molecule has 0 bridgehead atoms. The molecule has 254 valence electrons. The molecule has 10 aromatic rings. The third kappa shape index (κ3) is 5.93. The molecule has 1 aromatic heterocycles. The van der Waals surface area contributed by atoms with Crippen molar-refractivity contribution in [3.63, 3.8) is 0 Å². The highest BCUT2D eigenvalue weighted by atomic mass is 32.1. The lowest BCUT2D eigenvalue weighted by atomic mass is 9.97. The van der Waals surface area contributed by atoms with Gasteiger partial charge < -0.3 is 4.90 Å². The molecule has 0 spiro atoms. The van der Waals surface area contributed by atoms with Crippen molar-refractivity contribution >= 4 is 59.3 Å². The number of thiophene rings is 1. The predicted molar refractivity (Wildman–Crippen MR) is 233 cm³/mol. The van der Waals surface area contributed by atoms with Gasteiger partial charge in [0, 0.05) is 26.8 Å². The second-order valence-corrected chi connectivity index (χ2v) is 14.8. The highest BCUT2D eigenvalue weighted by Crippen LogP contribution is 2.45. The Balaban J connectivity index is 1.06. The third-order valence-corrected chi connectivity index (χ3v) is 11.7. The molecular weight excluding hydrogens is 671 g/mol. The van der Waals surface area contributed by atoms with Gasteiger partial charge in [-0.25, -0.2) is 0 Å². The third-order valence-electron chi connectivity index (χ3n) is 10.5. The first kappa shape index (κ1) is 32.0. The van der Waals surface area contributed by atoms with Gasteiger partial charge in [-0.2, -0.15) is 0 Å². The van der Waals surface area contributed by atoms with Crippen LogP contribution in [-0.2, 0) is 0 Å². The number of nitrogens with zero attached hydrogens (tertiary/aromatic N) is 1. The summed E-state index contributed by atoms with van der Waals surface area (Å²) in [6.07, 6.45) is 0. The zero-order valence-electron chi connectivity index (χ0n) is 29.6. The molecule has 1 nitrogen and oxygen atoms in total. The van der Waals surface area contributed by atoms with Gasteiger partial charge in [0.1, 0.15) is 0 Å². The van der Waals surface area contributed by atoms with Crippen LogP contribution in [-0.4, -0.2) is 0 Å². The van der Waals surface area contributed by atoms with E-state index >= 15 is 0 Å². The number of rotatable bonds is 7. The highest BCUT2D eigenvalue weighted by molar-refractivity contribution is 7.26. The van der Waals surface area contributed by atoms with Crippen LogP contribution in [0, 0.1) is 0 Å². The van der Waals surface area contributed by atoms with Crippen molar-refractivity contribution in [3.05, 3.63) is 212 Å². The molecule has 0 N–H and O–H groups in total. The summed E-state index contributed by atoms with van der Waals surface area (Å²) < 4.78 is 2.58. The fraction of sp³-hybridized carbons (Fsp3) is 0. The smallest absolute Gasteiger partial charge is 0.0640 e. The molecule has 0 radical (unpaired) electrons. The fourth-order valence-electron chi connectivity index (χ4n) is 7.69. The molecule has 0 fully saturated rings. The van der Waals surface area contributed by atoms with Crippen LogP contribution in [0.5, 0.6) is 0 Å². The first-order chi connectivity index (χ1) is 26.7. The van der Waals surface area contributed by atoms with Crippen LogP contribution in [0.1, 0.15) is 0 Å². The minimum atomic E-state index is 1.12. The Labute approximate surface area is 319 Å². The quantitative estimate of drug-likeness (QED) is 0.160. The Morgan fingerprint density at radius 3 is 1.46 bits per heavy atom. The Hall–Kier alpha value is -6.74. The van der Waals surface area contributed by atoms with E-state index in [1.165, 1.54) is 81.1 Å². The molecule has 0 atom stereocenters. The molecule has 1 heterocycles. The van der Waals surface area contributed by atoms with Gasteiger partial charge in [0.15, 0.2) is 0 Å². The lowest BCUT2D eigenvalue weighted by Crippen LogP contribution is -2.10. The summed E-state index contributed by atoms with van der Waals surface area (Å²) in [4.78, 5) is 2.43. The van der Waals surface area contributed by atoms with E-state index in [-0.39, 0.29) is 0 Å². The van der Waals surface area contributed by atoms with Crippen molar-refractivity contribution in [2.24, 2.45) is 0 Å². The monoisotopic (exact) mass is 705 g/mol. The van der Waals surface area contributed by atoms with Gasteiger partial charge in [-0.15, -0.1) is 11.3 Å². The van der Waals surface area contributed by atoms with E-state index in [1.54, 1.807) is 0 Å². The minimum Gasteiger partial charge on any atom is -0.309 e. The predicted octanol–water partition coefficient (Wildman–Crippen LogP) is 15.3.